The van der Waals surface area contributed by atoms with Crippen LogP contribution in [0.15, 0.2) is 53.1 Å². The maximum atomic E-state index is 13.6. The lowest BCUT2D eigenvalue weighted by Gasteiger charge is -2.31. The topological polar surface area (TPSA) is 79.1 Å². The van der Waals surface area contributed by atoms with Crippen molar-refractivity contribution in [3.8, 4) is 0 Å². The third-order valence-corrected chi connectivity index (χ3v) is 7.40. The highest BCUT2D eigenvalue weighted by atomic mass is 35.5. The molecule has 0 radical (unpaired) electrons. The van der Waals surface area contributed by atoms with Crippen LogP contribution in [-0.4, -0.2) is 66.7 Å². The predicted octanol–water partition coefficient (Wildman–Crippen LogP) is 4.79. The number of aryl methyl sites for hydroxylation is 2. The van der Waals surface area contributed by atoms with E-state index in [1.165, 1.54) is 12.7 Å². The van der Waals surface area contributed by atoms with Crippen LogP contribution in [0.25, 0.3) is 0 Å². The lowest BCUT2D eigenvalue weighted by molar-refractivity contribution is -0.131. The SMILES string of the molecule is COCC(=O)N1CCCN(Cc2ccc(Cl)cc2)CCCN(C(=O)Cc2c(C)noc2C)Cc2ccccc21. The standard InChI is InChI=1S/C30H37ClN4O4/c1-22-27(23(2)39-32-22)18-29(36)34-16-6-14-33(19-24-10-12-26(31)13-11-24)15-7-17-35(30(37)21-38-3)28-9-5-4-8-25(28)20-34/h4-5,8-13H,6-7,14-21H2,1-3H3. The molecule has 1 aliphatic rings. The van der Waals surface area contributed by atoms with Crippen LogP contribution in [0, 0.1) is 13.8 Å². The van der Waals surface area contributed by atoms with Crippen molar-refractivity contribution >= 4 is 29.1 Å². The number of fused-ring (bicyclic) bond motifs is 1. The molecule has 0 fully saturated rings. The van der Waals surface area contributed by atoms with E-state index in [2.05, 4.69) is 10.1 Å². The van der Waals surface area contributed by atoms with Crippen LogP contribution >= 0.6 is 11.6 Å². The Labute approximate surface area is 235 Å². The van der Waals surface area contributed by atoms with E-state index < -0.39 is 0 Å². The highest BCUT2D eigenvalue weighted by Gasteiger charge is 2.24. The first-order chi connectivity index (χ1) is 18.9. The Bertz CT molecular complexity index is 1240. The highest BCUT2D eigenvalue weighted by Crippen LogP contribution is 2.25. The van der Waals surface area contributed by atoms with Crippen molar-refractivity contribution in [2.75, 3.05) is 44.8 Å². The van der Waals surface area contributed by atoms with Gasteiger partial charge in [-0.3, -0.25) is 14.5 Å². The molecule has 3 aromatic rings. The van der Waals surface area contributed by atoms with E-state index in [4.69, 9.17) is 20.9 Å². The molecule has 9 heteroatoms. The van der Waals surface area contributed by atoms with Crippen LogP contribution in [0.3, 0.4) is 0 Å². The Morgan fingerprint density at radius 3 is 2.38 bits per heavy atom. The molecule has 1 aliphatic heterocycles. The zero-order chi connectivity index (χ0) is 27.8. The molecule has 0 saturated carbocycles. The molecule has 39 heavy (non-hydrogen) atoms. The maximum absolute atomic E-state index is 13.6. The van der Waals surface area contributed by atoms with E-state index in [1.807, 2.05) is 67.3 Å². The second-order valence-corrected chi connectivity index (χ2v) is 10.4. The minimum atomic E-state index is -0.0974. The summed E-state index contributed by atoms with van der Waals surface area (Å²) in [7, 11) is 1.53. The highest BCUT2D eigenvalue weighted by molar-refractivity contribution is 6.30. The fraction of sp³-hybridized carbons (Fsp3) is 0.433. The van der Waals surface area contributed by atoms with Gasteiger partial charge in [-0.05, 0) is 56.0 Å². The summed E-state index contributed by atoms with van der Waals surface area (Å²) in [4.78, 5) is 32.9. The number of hydrogen-bond donors (Lipinski definition) is 0. The van der Waals surface area contributed by atoms with Crippen LogP contribution in [0.1, 0.15) is 41.0 Å². The molecular weight excluding hydrogens is 516 g/mol. The lowest BCUT2D eigenvalue weighted by atomic mass is 10.1. The quantitative estimate of drug-likeness (QED) is 0.437. The summed E-state index contributed by atoms with van der Waals surface area (Å²) < 4.78 is 10.5. The molecule has 0 atom stereocenters. The fourth-order valence-electron chi connectivity index (χ4n) is 5.06. The van der Waals surface area contributed by atoms with Gasteiger partial charge in [-0.2, -0.15) is 0 Å². The van der Waals surface area contributed by atoms with Crippen molar-refractivity contribution in [2.24, 2.45) is 0 Å². The number of methoxy groups -OCH3 is 1. The zero-order valence-electron chi connectivity index (χ0n) is 23.0. The number of nitrogens with zero attached hydrogens (tertiary/aromatic N) is 4. The molecule has 8 nitrogen and oxygen atoms in total. The molecule has 4 rings (SSSR count). The molecule has 2 heterocycles. The van der Waals surface area contributed by atoms with Crippen LogP contribution in [0.4, 0.5) is 5.69 Å². The van der Waals surface area contributed by atoms with Gasteiger partial charge >= 0.3 is 0 Å². The van der Waals surface area contributed by atoms with Gasteiger partial charge in [-0.15, -0.1) is 0 Å². The third-order valence-electron chi connectivity index (χ3n) is 7.15. The van der Waals surface area contributed by atoms with Gasteiger partial charge < -0.3 is 19.1 Å². The third kappa shape index (κ3) is 7.68. The molecule has 0 saturated heterocycles. The Hall–Kier alpha value is -3.20. The van der Waals surface area contributed by atoms with Crippen LogP contribution in [-0.2, 0) is 33.8 Å². The summed E-state index contributed by atoms with van der Waals surface area (Å²) in [5, 5.41) is 4.73. The smallest absolute Gasteiger partial charge is 0.252 e. The van der Waals surface area contributed by atoms with E-state index >= 15 is 0 Å². The molecule has 1 aromatic heterocycles. The average molecular weight is 553 g/mol. The maximum Gasteiger partial charge on any atom is 0.252 e. The van der Waals surface area contributed by atoms with Crippen molar-refractivity contribution in [3.05, 3.63) is 81.7 Å². The minimum Gasteiger partial charge on any atom is -0.375 e. The first-order valence-electron chi connectivity index (χ1n) is 13.4. The van der Waals surface area contributed by atoms with Gasteiger partial charge in [-0.1, -0.05) is 47.1 Å². The molecule has 2 aromatic carbocycles. The van der Waals surface area contributed by atoms with Gasteiger partial charge in [0.2, 0.25) is 5.91 Å². The summed E-state index contributed by atoms with van der Waals surface area (Å²) in [5.41, 5.74) is 4.50. The number of para-hydroxylation sites is 1. The van der Waals surface area contributed by atoms with Crippen molar-refractivity contribution in [2.45, 2.75) is 46.2 Å². The van der Waals surface area contributed by atoms with Gasteiger partial charge in [0.05, 0.1) is 12.1 Å². The number of ether oxygens (including phenoxy) is 1. The molecule has 0 unspecified atom stereocenters. The second-order valence-electron chi connectivity index (χ2n) is 10.0. The number of aromatic nitrogens is 1. The summed E-state index contributed by atoms with van der Waals surface area (Å²) in [5.74, 6) is 0.580. The van der Waals surface area contributed by atoms with Crippen molar-refractivity contribution in [1.82, 2.24) is 15.0 Å². The molecule has 0 aliphatic carbocycles. The normalized spacial score (nSPS) is 15.4. The first-order valence-corrected chi connectivity index (χ1v) is 13.8. The lowest BCUT2D eigenvalue weighted by Crippen LogP contribution is -2.40. The number of anilines is 1. The summed E-state index contributed by atoms with van der Waals surface area (Å²) in [6.45, 7) is 7.67. The van der Waals surface area contributed by atoms with Gasteiger partial charge in [0.25, 0.3) is 5.91 Å². The number of carbonyl (C=O) groups excluding carboxylic acids is 2. The Morgan fingerprint density at radius 1 is 0.974 bits per heavy atom. The van der Waals surface area contributed by atoms with E-state index in [0.717, 1.165) is 55.0 Å². The first kappa shape index (κ1) is 28.8. The monoisotopic (exact) mass is 552 g/mol. The second kappa shape index (κ2) is 13.7. The summed E-state index contributed by atoms with van der Waals surface area (Å²) >= 11 is 6.10. The zero-order valence-corrected chi connectivity index (χ0v) is 23.7. The van der Waals surface area contributed by atoms with Gasteiger partial charge in [0.15, 0.2) is 0 Å². The summed E-state index contributed by atoms with van der Waals surface area (Å²) in [6.07, 6.45) is 1.87. The van der Waals surface area contributed by atoms with E-state index in [1.54, 1.807) is 4.90 Å². The molecular formula is C30H37ClN4O4. The number of benzene rings is 2. The van der Waals surface area contributed by atoms with Crippen LogP contribution in [0.5, 0.6) is 0 Å². The average Bonchev–Trinajstić information content (AvgIpc) is 3.23. The largest absolute Gasteiger partial charge is 0.375 e. The summed E-state index contributed by atoms with van der Waals surface area (Å²) in [6, 6.07) is 15.7. The molecule has 0 N–H and O–H groups in total. The Morgan fingerprint density at radius 2 is 1.69 bits per heavy atom. The number of rotatable bonds is 6. The molecule has 2 amide bonds. The van der Waals surface area contributed by atoms with E-state index in [0.29, 0.717) is 30.4 Å². The van der Waals surface area contributed by atoms with E-state index in [-0.39, 0.29) is 24.8 Å². The van der Waals surface area contributed by atoms with E-state index in [9.17, 15) is 9.59 Å². The Balaban J connectivity index is 1.62. The number of carbonyl (C=O) groups is 2. The fourth-order valence-corrected chi connectivity index (χ4v) is 5.19. The van der Waals surface area contributed by atoms with Gasteiger partial charge in [0.1, 0.15) is 12.4 Å². The van der Waals surface area contributed by atoms with Crippen LogP contribution in [0.2, 0.25) is 5.02 Å². The van der Waals surface area contributed by atoms with Gasteiger partial charge in [0, 0.05) is 62.7 Å². The molecule has 208 valence electrons. The number of halogens is 1. The number of amides is 2. The van der Waals surface area contributed by atoms with Gasteiger partial charge in [-0.25, -0.2) is 0 Å². The molecule has 0 bridgehead atoms. The number of hydrogen-bond acceptors (Lipinski definition) is 6. The van der Waals surface area contributed by atoms with Crippen LogP contribution < -0.4 is 4.90 Å². The Kier molecular flexibility index (Phi) is 10.1. The van der Waals surface area contributed by atoms with Crippen molar-refractivity contribution < 1.29 is 18.8 Å². The predicted molar refractivity (Wildman–Crippen MR) is 152 cm³/mol. The van der Waals surface area contributed by atoms with Crippen molar-refractivity contribution in [1.29, 1.82) is 0 Å². The minimum absolute atomic E-state index is 0.00247. The molecule has 0 spiro atoms. The van der Waals surface area contributed by atoms with Crippen molar-refractivity contribution in [3.63, 3.8) is 0 Å².